The molecule has 2 aromatic carbocycles. The first-order valence-corrected chi connectivity index (χ1v) is 16.0. The number of nitrogens with zero attached hydrogens (tertiary/aromatic N) is 5. The van der Waals surface area contributed by atoms with E-state index in [2.05, 4.69) is 15.0 Å². The van der Waals surface area contributed by atoms with Crippen molar-refractivity contribution in [3.63, 3.8) is 0 Å². The van der Waals surface area contributed by atoms with Crippen molar-refractivity contribution >= 4 is 50.0 Å². The second-order valence-corrected chi connectivity index (χ2v) is 12.6. The van der Waals surface area contributed by atoms with E-state index in [9.17, 15) is 33.1 Å². The molecular weight excluding hydrogens is 679 g/mol. The second kappa shape index (κ2) is 12.6. The van der Waals surface area contributed by atoms with E-state index in [0.29, 0.717) is 43.5 Å². The lowest BCUT2D eigenvalue weighted by atomic mass is 9.90. The topological polar surface area (TPSA) is 131 Å². The fourth-order valence-corrected chi connectivity index (χ4v) is 7.08. The summed E-state index contributed by atoms with van der Waals surface area (Å²) < 4.78 is 51.3. The predicted octanol–water partition coefficient (Wildman–Crippen LogP) is 8.29. The minimum Gasteiger partial charge on any atom is -0.491 e. The third-order valence-corrected chi connectivity index (χ3v) is 9.27. The molecule has 49 heavy (non-hydrogen) atoms. The lowest BCUT2D eigenvalue weighted by Gasteiger charge is -2.19. The molecule has 248 valence electrons. The molecule has 0 aliphatic rings. The number of hydrogen-bond donors (Lipinski definition) is 1. The maximum absolute atomic E-state index is 14.4. The fourth-order valence-electron chi connectivity index (χ4n) is 5.89. The van der Waals surface area contributed by atoms with E-state index in [0.717, 1.165) is 6.07 Å². The van der Waals surface area contributed by atoms with Gasteiger partial charge < -0.3 is 9.84 Å². The zero-order valence-electron chi connectivity index (χ0n) is 26.4. The van der Waals surface area contributed by atoms with E-state index in [1.807, 2.05) is 6.07 Å². The molecule has 6 aromatic rings. The number of ether oxygens (including phenoxy) is 1. The molecule has 0 aliphatic heterocycles. The maximum Gasteiger partial charge on any atom is 0.417 e. The largest absolute Gasteiger partial charge is 0.491 e. The molecule has 0 radical (unpaired) electrons. The maximum atomic E-state index is 14.4. The van der Waals surface area contributed by atoms with Gasteiger partial charge in [0.15, 0.2) is 0 Å². The Bertz CT molecular complexity index is 2450. The summed E-state index contributed by atoms with van der Waals surface area (Å²) in [6, 6.07) is 12.4. The molecule has 9 nitrogen and oxygen atoms in total. The average Bonchev–Trinajstić information content (AvgIpc) is 3.46. The highest BCUT2D eigenvalue weighted by atomic mass is 35.5. The van der Waals surface area contributed by atoms with Crippen molar-refractivity contribution in [2.45, 2.75) is 40.4 Å². The quantitative estimate of drug-likeness (QED) is 0.176. The molecule has 4 aromatic heterocycles. The third-order valence-electron chi connectivity index (χ3n) is 8.04. The van der Waals surface area contributed by atoms with E-state index < -0.39 is 34.4 Å². The molecule has 1 N–H and O–H groups in total. The number of hydrogen-bond acceptors (Lipinski definition) is 8. The number of fused-ring (bicyclic) bond motifs is 2. The number of thiophene rings is 1. The van der Waals surface area contributed by atoms with Crippen molar-refractivity contribution < 1.29 is 27.8 Å². The molecule has 0 unspecified atom stereocenters. The standard InChI is InChI=1S/C35H25ClF3N5O4S/c1-16-5-7-21(18(3)41-16)29-24(14-40)30-27(13-26(29)35(37,38)39)43-19(4)44(33(30)45)9-10-48-28-8-6-20(36)12-22(28)23-11-17(2)42-31-25(34(46)47)15-49-32(23)31/h5-8,11-13,15H,9-10H2,1-4H3,(H,46,47). The number of alkyl halides is 3. The van der Waals surface area contributed by atoms with Gasteiger partial charge in [-0.15, -0.1) is 11.3 Å². The van der Waals surface area contributed by atoms with Crippen molar-refractivity contribution in [3.05, 3.63) is 103 Å². The van der Waals surface area contributed by atoms with Crippen LogP contribution in [0.5, 0.6) is 5.75 Å². The first-order chi connectivity index (χ1) is 23.2. The Labute approximate surface area is 285 Å². The minimum absolute atomic E-state index is 0.0606. The first-order valence-electron chi connectivity index (χ1n) is 14.7. The molecule has 0 aliphatic carbocycles. The number of nitriles is 1. The number of carboxylic acids is 1. The summed E-state index contributed by atoms with van der Waals surface area (Å²) in [5.41, 5.74) is 0.253. The summed E-state index contributed by atoms with van der Waals surface area (Å²) in [4.78, 5) is 38.8. The van der Waals surface area contributed by atoms with Crippen LogP contribution in [0.3, 0.4) is 0 Å². The van der Waals surface area contributed by atoms with Crippen molar-refractivity contribution in [1.29, 1.82) is 5.26 Å². The molecule has 0 amide bonds. The van der Waals surface area contributed by atoms with Gasteiger partial charge in [0.2, 0.25) is 0 Å². The van der Waals surface area contributed by atoms with Crippen LogP contribution in [-0.2, 0) is 12.7 Å². The van der Waals surface area contributed by atoms with Crippen molar-refractivity contribution in [2.75, 3.05) is 6.61 Å². The highest BCUT2D eigenvalue weighted by Crippen LogP contribution is 2.43. The van der Waals surface area contributed by atoms with Crippen LogP contribution in [0.15, 0.2) is 52.6 Å². The van der Waals surface area contributed by atoms with Gasteiger partial charge in [-0.3, -0.25) is 19.3 Å². The van der Waals surface area contributed by atoms with Crippen LogP contribution in [0.1, 0.15) is 44.4 Å². The number of rotatable bonds is 7. The van der Waals surface area contributed by atoms with Gasteiger partial charge in [0.25, 0.3) is 5.56 Å². The molecule has 0 spiro atoms. The molecule has 0 fully saturated rings. The third kappa shape index (κ3) is 6.09. The normalized spacial score (nSPS) is 11.7. The van der Waals surface area contributed by atoms with Crippen LogP contribution in [0.4, 0.5) is 13.2 Å². The smallest absolute Gasteiger partial charge is 0.417 e. The molecule has 14 heteroatoms. The number of benzene rings is 2. The monoisotopic (exact) mass is 703 g/mol. The summed E-state index contributed by atoms with van der Waals surface area (Å²) >= 11 is 7.59. The molecule has 0 bridgehead atoms. The number of carboxylic acid groups (broad SMARTS) is 1. The minimum atomic E-state index is -4.85. The van der Waals surface area contributed by atoms with Gasteiger partial charge in [0.1, 0.15) is 24.3 Å². The van der Waals surface area contributed by atoms with Gasteiger partial charge >= 0.3 is 12.1 Å². The fraction of sp³-hybridized carbons (Fsp3) is 0.200. The van der Waals surface area contributed by atoms with Gasteiger partial charge in [-0.25, -0.2) is 9.78 Å². The van der Waals surface area contributed by atoms with E-state index >= 15 is 0 Å². The second-order valence-electron chi connectivity index (χ2n) is 11.3. The van der Waals surface area contributed by atoms with Crippen LogP contribution in [0, 0.1) is 39.0 Å². The zero-order chi connectivity index (χ0) is 35.4. The first kappa shape index (κ1) is 33.6. The van der Waals surface area contributed by atoms with E-state index in [-0.39, 0.29) is 46.7 Å². The molecule has 6 rings (SSSR count). The number of halogens is 4. The number of carbonyl (C=O) groups is 1. The van der Waals surface area contributed by atoms with Crippen molar-refractivity contribution in [1.82, 2.24) is 19.5 Å². The SMILES string of the molecule is Cc1ccc(-c2c(C(F)(F)F)cc3nc(C)n(CCOc4ccc(Cl)cc4-c4cc(C)nc5c(C(=O)O)csc45)c(=O)c3c2C#N)c(C)n1. The Morgan fingerprint density at radius 3 is 2.45 bits per heavy atom. The van der Waals surface area contributed by atoms with Gasteiger partial charge in [0, 0.05) is 49.7 Å². The van der Waals surface area contributed by atoms with Gasteiger partial charge in [-0.2, -0.15) is 18.4 Å². The lowest BCUT2D eigenvalue weighted by molar-refractivity contribution is -0.137. The summed E-state index contributed by atoms with van der Waals surface area (Å²) in [5, 5.41) is 21.6. The highest BCUT2D eigenvalue weighted by Gasteiger charge is 2.37. The Balaban J connectivity index is 1.43. The van der Waals surface area contributed by atoms with Crippen LogP contribution in [0.2, 0.25) is 5.02 Å². The summed E-state index contributed by atoms with van der Waals surface area (Å²) in [6.45, 7) is 6.34. The molecule has 0 saturated heterocycles. The van der Waals surface area contributed by atoms with Crippen molar-refractivity contribution in [3.8, 4) is 34.1 Å². The Hall–Kier alpha value is -5.32. The van der Waals surface area contributed by atoms with Crippen LogP contribution >= 0.6 is 22.9 Å². The van der Waals surface area contributed by atoms with Crippen molar-refractivity contribution in [2.24, 2.45) is 0 Å². The number of aromatic nitrogens is 4. The number of aromatic carboxylic acids is 1. The van der Waals surface area contributed by atoms with E-state index in [4.69, 9.17) is 16.3 Å². The van der Waals surface area contributed by atoms with E-state index in [1.165, 1.54) is 34.3 Å². The Kier molecular flexibility index (Phi) is 8.64. The molecular formula is C35H25ClF3N5O4S. The van der Waals surface area contributed by atoms with Gasteiger partial charge in [-0.05, 0) is 64.1 Å². The lowest BCUT2D eigenvalue weighted by Crippen LogP contribution is -2.27. The van der Waals surface area contributed by atoms with Crippen LogP contribution < -0.4 is 10.3 Å². The van der Waals surface area contributed by atoms with Crippen LogP contribution in [0.25, 0.3) is 43.4 Å². The zero-order valence-corrected chi connectivity index (χ0v) is 27.9. The van der Waals surface area contributed by atoms with Crippen LogP contribution in [-0.4, -0.2) is 37.2 Å². The van der Waals surface area contributed by atoms with E-state index in [1.54, 1.807) is 51.1 Å². The number of pyridine rings is 2. The summed E-state index contributed by atoms with van der Waals surface area (Å²) in [7, 11) is 0. The molecule has 0 atom stereocenters. The highest BCUT2D eigenvalue weighted by molar-refractivity contribution is 7.18. The summed E-state index contributed by atoms with van der Waals surface area (Å²) in [5.74, 6) is -0.588. The number of aryl methyl sites for hydroxylation is 4. The summed E-state index contributed by atoms with van der Waals surface area (Å²) in [6.07, 6.45) is -4.85. The predicted molar refractivity (Wildman–Crippen MR) is 180 cm³/mol. The Morgan fingerprint density at radius 2 is 1.78 bits per heavy atom. The average molecular weight is 704 g/mol. The Morgan fingerprint density at radius 1 is 1.02 bits per heavy atom. The molecule has 4 heterocycles. The molecule has 0 saturated carbocycles. The van der Waals surface area contributed by atoms with Gasteiger partial charge in [0.05, 0.1) is 44.4 Å². The van der Waals surface area contributed by atoms with Gasteiger partial charge in [-0.1, -0.05) is 17.7 Å².